The summed E-state index contributed by atoms with van der Waals surface area (Å²) in [5.41, 5.74) is 0.487. The molecule has 94 valence electrons. The molecule has 0 bridgehead atoms. The summed E-state index contributed by atoms with van der Waals surface area (Å²) >= 11 is 0. The molecule has 0 heterocycles. The predicted molar refractivity (Wildman–Crippen MR) is 67.6 cm³/mol. The summed E-state index contributed by atoms with van der Waals surface area (Å²) in [5.74, 6) is 0. The van der Waals surface area contributed by atoms with E-state index in [4.69, 9.17) is 4.74 Å². The Labute approximate surface area is 100 Å². The van der Waals surface area contributed by atoms with E-state index < -0.39 is 0 Å². The molecule has 1 spiro atoms. The molecule has 16 heavy (non-hydrogen) atoms. The van der Waals surface area contributed by atoms with E-state index in [-0.39, 0.29) is 0 Å². The lowest BCUT2D eigenvalue weighted by atomic mass is 9.58. The van der Waals surface area contributed by atoms with Gasteiger partial charge in [0, 0.05) is 18.1 Å². The summed E-state index contributed by atoms with van der Waals surface area (Å²) in [5, 5.41) is 3.52. The van der Waals surface area contributed by atoms with Crippen molar-refractivity contribution in [2.75, 3.05) is 13.7 Å². The van der Waals surface area contributed by atoms with Gasteiger partial charge in [-0.2, -0.15) is 0 Å². The lowest BCUT2D eigenvalue weighted by Gasteiger charge is -2.56. The topological polar surface area (TPSA) is 21.3 Å². The zero-order chi connectivity index (χ0) is 11.4. The van der Waals surface area contributed by atoms with Crippen LogP contribution in [0.1, 0.15) is 58.3 Å². The minimum absolute atomic E-state index is 0.487. The van der Waals surface area contributed by atoms with E-state index in [0.717, 1.165) is 13.0 Å². The van der Waals surface area contributed by atoms with Crippen molar-refractivity contribution in [3.05, 3.63) is 0 Å². The van der Waals surface area contributed by atoms with Crippen molar-refractivity contribution in [2.24, 2.45) is 5.41 Å². The normalized spacial score (nSPS) is 33.4. The van der Waals surface area contributed by atoms with Crippen LogP contribution in [0.25, 0.3) is 0 Å². The van der Waals surface area contributed by atoms with Gasteiger partial charge in [-0.15, -0.1) is 0 Å². The highest BCUT2D eigenvalue weighted by molar-refractivity contribution is 5.07. The van der Waals surface area contributed by atoms with Crippen LogP contribution in [0.3, 0.4) is 0 Å². The molecular weight excluding hydrogens is 198 g/mol. The lowest BCUT2D eigenvalue weighted by molar-refractivity contribution is -0.142. The lowest BCUT2D eigenvalue weighted by Crippen LogP contribution is -2.63. The van der Waals surface area contributed by atoms with E-state index in [9.17, 15) is 0 Å². The Kier molecular flexibility index (Phi) is 4.26. The molecule has 2 atom stereocenters. The Bertz CT molecular complexity index is 207. The standard InChI is InChI=1S/C14H27NO/c1-3-10-16-13-11-12(15-2)14(13)8-6-4-5-7-9-14/h12-13,15H,3-11H2,1-2H3. The minimum atomic E-state index is 0.487. The van der Waals surface area contributed by atoms with E-state index in [0.29, 0.717) is 17.6 Å². The first-order chi connectivity index (χ1) is 7.83. The van der Waals surface area contributed by atoms with E-state index >= 15 is 0 Å². The van der Waals surface area contributed by atoms with Crippen LogP contribution in [0, 0.1) is 5.41 Å². The Balaban J connectivity index is 1.99. The first kappa shape index (κ1) is 12.4. The number of hydrogen-bond donors (Lipinski definition) is 1. The third-order valence-electron chi connectivity index (χ3n) is 4.69. The first-order valence-electron chi connectivity index (χ1n) is 7.12. The molecule has 2 unspecified atom stereocenters. The van der Waals surface area contributed by atoms with Crippen LogP contribution in [0.15, 0.2) is 0 Å². The quantitative estimate of drug-likeness (QED) is 0.794. The second-order valence-corrected chi connectivity index (χ2v) is 5.58. The number of hydrogen-bond acceptors (Lipinski definition) is 2. The highest BCUT2D eigenvalue weighted by Gasteiger charge is 2.54. The molecule has 2 nitrogen and oxygen atoms in total. The van der Waals surface area contributed by atoms with Crippen LogP contribution < -0.4 is 5.32 Å². The van der Waals surface area contributed by atoms with Crippen molar-refractivity contribution >= 4 is 0 Å². The smallest absolute Gasteiger partial charge is 0.0661 e. The average molecular weight is 225 g/mol. The van der Waals surface area contributed by atoms with Gasteiger partial charge < -0.3 is 10.1 Å². The van der Waals surface area contributed by atoms with Gasteiger partial charge in [0.2, 0.25) is 0 Å². The van der Waals surface area contributed by atoms with Gasteiger partial charge >= 0.3 is 0 Å². The SMILES string of the molecule is CCCOC1CC(NC)C12CCCCCC2. The second kappa shape index (κ2) is 5.50. The molecule has 2 aliphatic rings. The van der Waals surface area contributed by atoms with Gasteiger partial charge in [0.1, 0.15) is 0 Å². The highest BCUT2D eigenvalue weighted by Crippen LogP contribution is 2.52. The van der Waals surface area contributed by atoms with Gasteiger partial charge in [-0.25, -0.2) is 0 Å². The molecule has 0 radical (unpaired) electrons. The molecule has 2 rings (SSSR count). The van der Waals surface area contributed by atoms with Crippen molar-refractivity contribution in [3.8, 4) is 0 Å². The van der Waals surface area contributed by atoms with Crippen LogP contribution in [-0.4, -0.2) is 25.8 Å². The average Bonchev–Trinajstić information content (AvgIpc) is 2.55. The maximum absolute atomic E-state index is 6.07. The van der Waals surface area contributed by atoms with Crippen molar-refractivity contribution in [2.45, 2.75) is 70.4 Å². The molecular formula is C14H27NO. The summed E-state index contributed by atoms with van der Waals surface area (Å²) in [4.78, 5) is 0. The number of rotatable bonds is 4. The molecule has 0 amide bonds. The maximum atomic E-state index is 6.07. The second-order valence-electron chi connectivity index (χ2n) is 5.58. The predicted octanol–water partition coefficient (Wildman–Crippen LogP) is 3.11. The highest BCUT2D eigenvalue weighted by atomic mass is 16.5. The molecule has 2 fully saturated rings. The van der Waals surface area contributed by atoms with Gasteiger partial charge in [-0.05, 0) is 32.7 Å². The molecule has 2 aliphatic carbocycles. The Morgan fingerprint density at radius 2 is 1.88 bits per heavy atom. The molecule has 2 heteroatoms. The van der Waals surface area contributed by atoms with Crippen LogP contribution in [0.2, 0.25) is 0 Å². The molecule has 0 saturated heterocycles. The van der Waals surface area contributed by atoms with E-state index in [2.05, 4.69) is 19.3 Å². The molecule has 1 N–H and O–H groups in total. The summed E-state index contributed by atoms with van der Waals surface area (Å²) < 4.78 is 6.07. The zero-order valence-electron chi connectivity index (χ0n) is 10.9. The van der Waals surface area contributed by atoms with Crippen LogP contribution in [0.5, 0.6) is 0 Å². The van der Waals surface area contributed by atoms with Gasteiger partial charge in [-0.3, -0.25) is 0 Å². The fourth-order valence-electron chi connectivity index (χ4n) is 3.70. The molecule has 0 aromatic heterocycles. The Morgan fingerprint density at radius 3 is 2.44 bits per heavy atom. The summed E-state index contributed by atoms with van der Waals surface area (Å²) in [6.45, 7) is 3.15. The van der Waals surface area contributed by atoms with Gasteiger partial charge in [0.05, 0.1) is 6.10 Å². The van der Waals surface area contributed by atoms with Crippen molar-refractivity contribution in [1.82, 2.24) is 5.32 Å². The summed E-state index contributed by atoms with van der Waals surface area (Å²) in [6, 6.07) is 0.715. The van der Waals surface area contributed by atoms with E-state index in [1.165, 1.54) is 44.9 Å². The molecule has 0 aromatic carbocycles. The molecule has 0 aromatic rings. The Morgan fingerprint density at radius 1 is 1.19 bits per heavy atom. The third kappa shape index (κ3) is 2.14. The van der Waals surface area contributed by atoms with Gasteiger partial charge in [-0.1, -0.05) is 32.6 Å². The van der Waals surface area contributed by atoms with Gasteiger partial charge in [0.25, 0.3) is 0 Å². The number of ether oxygens (including phenoxy) is 1. The van der Waals surface area contributed by atoms with Crippen molar-refractivity contribution in [3.63, 3.8) is 0 Å². The first-order valence-corrected chi connectivity index (χ1v) is 7.12. The summed E-state index contributed by atoms with van der Waals surface area (Å²) in [7, 11) is 2.12. The third-order valence-corrected chi connectivity index (χ3v) is 4.69. The fraction of sp³-hybridized carbons (Fsp3) is 1.00. The zero-order valence-corrected chi connectivity index (χ0v) is 10.9. The maximum Gasteiger partial charge on any atom is 0.0661 e. The van der Waals surface area contributed by atoms with Gasteiger partial charge in [0.15, 0.2) is 0 Å². The molecule has 0 aliphatic heterocycles. The number of nitrogens with one attached hydrogen (secondary N) is 1. The Hall–Kier alpha value is -0.0800. The minimum Gasteiger partial charge on any atom is -0.378 e. The van der Waals surface area contributed by atoms with Crippen molar-refractivity contribution < 1.29 is 4.74 Å². The van der Waals surface area contributed by atoms with Crippen molar-refractivity contribution in [1.29, 1.82) is 0 Å². The van der Waals surface area contributed by atoms with E-state index in [1.807, 2.05) is 0 Å². The largest absolute Gasteiger partial charge is 0.378 e. The monoisotopic (exact) mass is 225 g/mol. The van der Waals surface area contributed by atoms with E-state index in [1.54, 1.807) is 0 Å². The van der Waals surface area contributed by atoms with Crippen LogP contribution >= 0.6 is 0 Å². The molecule has 2 saturated carbocycles. The van der Waals surface area contributed by atoms with Crippen LogP contribution in [0.4, 0.5) is 0 Å². The summed E-state index contributed by atoms with van der Waals surface area (Å²) in [6.07, 6.45) is 11.4. The van der Waals surface area contributed by atoms with Crippen LogP contribution in [-0.2, 0) is 4.74 Å². The fourth-order valence-corrected chi connectivity index (χ4v) is 3.70.